The van der Waals surface area contributed by atoms with E-state index in [2.05, 4.69) is 68.2 Å². The number of nitrogens with zero attached hydrogens (tertiary/aromatic N) is 1. The van der Waals surface area contributed by atoms with Crippen LogP contribution in [-0.4, -0.2) is 25.6 Å². The van der Waals surface area contributed by atoms with Gasteiger partial charge >= 0.3 is 5.97 Å². The maximum absolute atomic E-state index is 13.3. The van der Waals surface area contributed by atoms with Gasteiger partial charge in [0.05, 0.1) is 5.56 Å². The number of ether oxygens (including phenoxy) is 2. The fourth-order valence-corrected chi connectivity index (χ4v) is 7.33. The fraction of sp³-hybridized carbons (Fsp3) is 0.537. The fourth-order valence-electron chi connectivity index (χ4n) is 7.33. The summed E-state index contributed by atoms with van der Waals surface area (Å²) >= 11 is 0. The van der Waals surface area contributed by atoms with Crippen LogP contribution in [-0.2, 0) is 10.3 Å². The summed E-state index contributed by atoms with van der Waals surface area (Å²) in [6, 6.07) is 18.4. The smallest absolute Gasteiger partial charge is 0.340 e. The lowest BCUT2D eigenvalue weighted by molar-refractivity contribution is 0.0224. The van der Waals surface area contributed by atoms with Crippen LogP contribution in [0.15, 0.2) is 54.6 Å². The Morgan fingerprint density at radius 1 is 0.674 bits per heavy atom. The van der Waals surface area contributed by atoms with Crippen molar-refractivity contribution >= 4 is 17.3 Å². The van der Waals surface area contributed by atoms with E-state index in [4.69, 9.17) is 9.47 Å². The molecule has 5 heteroatoms. The third-order valence-corrected chi connectivity index (χ3v) is 10.0. The normalized spacial score (nSPS) is 16.0. The molecule has 3 aromatic carbocycles. The topological polar surface area (TPSA) is 50.8 Å². The Labute approximate surface area is 278 Å². The molecule has 1 unspecified atom stereocenters. The SMILES string of the molecule is CCCCCCCCCCCCCCCCNc1cc2c(cc1C)Oc1cc(N(CC)CC)ccc1C21OC(=O)c2ccccc21. The van der Waals surface area contributed by atoms with Crippen molar-refractivity contribution in [1.82, 2.24) is 0 Å². The lowest BCUT2D eigenvalue weighted by atomic mass is 9.77. The van der Waals surface area contributed by atoms with Gasteiger partial charge in [-0.3, -0.25) is 0 Å². The largest absolute Gasteiger partial charge is 0.456 e. The molecule has 5 rings (SSSR count). The number of benzene rings is 3. The number of rotatable bonds is 19. The number of fused-ring (bicyclic) bond motifs is 6. The van der Waals surface area contributed by atoms with Crippen molar-refractivity contribution in [3.05, 3.63) is 82.4 Å². The lowest BCUT2D eigenvalue weighted by Crippen LogP contribution is -2.33. The van der Waals surface area contributed by atoms with E-state index >= 15 is 0 Å². The Balaban J connectivity index is 1.21. The molecule has 0 saturated heterocycles. The number of carbonyl (C=O) groups excluding carboxylic acids is 1. The summed E-state index contributed by atoms with van der Waals surface area (Å²) in [5.41, 5.74) is 5.49. The lowest BCUT2D eigenvalue weighted by Gasteiger charge is -2.37. The summed E-state index contributed by atoms with van der Waals surface area (Å²) in [6.07, 6.45) is 19.0. The number of anilines is 2. The Kier molecular flexibility index (Phi) is 12.1. The summed E-state index contributed by atoms with van der Waals surface area (Å²) in [5, 5.41) is 3.71. The Hall–Kier alpha value is -3.47. The van der Waals surface area contributed by atoms with E-state index in [9.17, 15) is 4.79 Å². The number of carbonyl (C=O) groups is 1. The standard InChI is InChI=1S/C41H56N2O3/c1-5-8-9-10-11-12-13-14-15-16-17-18-19-22-27-42-37-30-36-38(28-31(37)4)45-39-29-32(43(6-2)7-3)25-26-35(39)41(36)34-24-21-20-23-33(34)40(44)46-41/h20-21,23-26,28-30,42H,5-19,22,27H2,1-4H3. The van der Waals surface area contributed by atoms with Crippen LogP contribution in [0.25, 0.3) is 0 Å². The Bertz CT molecular complexity index is 1450. The van der Waals surface area contributed by atoms with E-state index in [1.165, 1.54) is 83.5 Å². The van der Waals surface area contributed by atoms with Gasteiger partial charge < -0.3 is 19.7 Å². The zero-order valence-electron chi connectivity index (χ0n) is 28.9. The second-order valence-corrected chi connectivity index (χ2v) is 13.3. The van der Waals surface area contributed by atoms with E-state index in [1.54, 1.807) is 0 Å². The highest BCUT2D eigenvalue weighted by Crippen LogP contribution is 2.57. The van der Waals surface area contributed by atoms with Gasteiger partial charge in [0.1, 0.15) is 11.5 Å². The van der Waals surface area contributed by atoms with Gasteiger partial charge in [0.2, 0.25) is 0 Å². The molecule has 0 aliphatic carbocycles. The van der Waals surface area contributed by atoms with Gasteiger partial charge in [-0.1, -0.05) is 109 Å². The van der Waals surface area contributed by atoms with E-state index in [1.807, 2.05) is 24.3 Å². The molecular formula is C41H56N2O3. The molecule has 2 aliphatic rings. The van der Waals surface area contributed by atoms with Gasteiger partial charge in [0.25, 0.3) is 0 Å². The van der Waals surface area contributed by atoms with Crippen molar-refractivity contribution in [3.63, 3.8) is 0 Å². The summed E-state index contributed by atoms with van der Waals surface area (Å²) in [4.78, 5) is 15.6. The molecule has 1 atom stereocenters. The van der Waals surface area contributed by atoms with Crippen molar-refractivity contribution in [2.75, 3.05) is 29.9 Å². The van der Waals surface area contributed by atoms with Crippen LogP contribution < -0.4 is 15.0 Å². The van der Waals surface area contributed by atoms with Crippen LogP contribution in [0.4, 0.5) is 11.4 Å². The molecule has 0 saturated carbocycles. The zero-order chi connectivity index (χ0) is 32.4. The van der Waals surface area contributed by atoms with Crippen LogP contribution in [0, 0.1) is 6.92 Å². The van der Waals surface area contributed by atoms with Gasteiger partial charge in [0.15, 0.2) is 5.60 Å². The van der Waals surface area contributed by atoms with Crippen molar-refractivity contribution in [3.8, 4) is 11.5 Å². The molecule has 0 amide bonds. The molecule has 248 valence electrons. The number of hydrogen-bond acceptors (Lipinski definition) is 5. The van der Waals surface area contributed by atoms with Crippen molar-refractivity contribution in [2.24, 2.45) is 0 Å². The van der Waals surface area contributed by atoms with Crippen molar-refractivity contribution in [1.29, 1.82) is 0 Å². The number of hydrogen-bond donors (Lipinski definition) is 1. The summed E-state index contributed by atoms with van der Waals surface area (Å²) < 4.78 is 13.0. The molecular weight excluding hydrogens is 568 g/mol. The van der Waals surface area contributed by atoms with Crippen LogP contribution in [0.2, 0.25) is 0 Å². The van der Waals surface area contributed by atoms with E-state index in [0.29, 0.717) is 5.56 Å². The molecule has 1 N–H and O–H groups in total. The molecule has 0 fully saturated rings. The van der Waals surface area contributed by atoms with Gasteiger partial charge in [-0.05, 0) is 63.1 Å². The average Bonchev–Trinajstić information content (AvgIpc) is 3.36. The first-order valence-electron chi connectivity index (χ1n) is 18.3. The molecule has 2 aliphatic heterocycles. The van der Waals surface area contributed by atoms with E-state index in [0.717, 1.165) is 71.2 Å². The molecule has 5 nitrogen and oxygen atoms in total. The predicted molar refractivity (Wildman–Crippen MR) is 192 cm³/mol. The van der Waals surface area contributed by atoms with Crippen molar-refractivity contribution in [2.45, 2.75) is 123 Å². The first kappa shape index (κ1) is 33.9. The number of aryl methyl sites for hydroxylation is 1. The number of unbranched alkanes of at least 4 members (excludes halogenated alkanes) is 13. The molecule has 1 spiro atoms. The quantitative estimate of drug-likeness (QED) is 0.106. The maximum atomic E-state index is 13.3. The number of esters is 1. The maximum Gasteiger partial charge on any atom is 0.340 e. The molecule has 3 aromatic rings. The van der Waals surface area contributed by atoms with Gasteiger partial charge in [-0.2, -0.15) is 0 Å². The second kappa shape index (κ2) is 16.4. The Morgan fingerprint density at radius 2 is 1.28 bits per heavy atom. The van der Waals surface area contributed by atoms with Gasteiger partial charge in [0, 0.05) is 53.8 Å². The minimum absolute atomic E-state index is 0.292. The Morgan fingerprint density at radius 3 is 1.93 bits per heavy atom. The van der Waals surface area contributed by atoms with Crippen LogP contribution in [0.5, 0.6) is 11.5 Å². The second-order valence-electron chi connectivity index (χ2n) is 13.3. The minimum Gasteiger partial charge on any atom is -0.456 e. The summed E-state index contributed by atoms with van der Waals surface area (Å²) in [7, 11) is 0. The van der Waals surface area contributed by atoms with Crippen LogP contribution in [0.3, 0.4) is 0 Å². The highest BCUT2D eigenvalue weighted by molar-refractivity contribution is 5.97. The average molecular weight is 625 g/mol. The molecule has 2 heterocycles. The van der Waals surface area contributed by atoms with E-state index in [-0.39, 0.29) is 5.97 Å². The van der Waals surface area contributed by atoms with Crippen LogP contribution in [0.1, 0.15) is 143 Å². The summed E-state index contributed by atoms with van der Waals surface area (Å²) in [5.74, 6) is 1.19. The van der Waals surface area contributed by atoms with Gasteiger partial charge in [-0.25, -0.2) is 4.79 Å². The first-order valence-corrected chi connectivity index (χ1v) is 18.3. The third-order valence-electron chi connectivity index (χ3n) is 10.0. The summed E-state index contributed by atoms with van der Waals surface area (Å²) in [6.45, 7) is 11.5. The molecule has 0 radical (unpaired) electrons. The minimum atomic E-state index is -1.04. The monoisotopic (exact) mass is 624 g/mol. The van der Waals surface area contributed by atoms with Crippen LogP contribution >= 0.6 is 0 Å². The predicted octanol–water partition coefficient (Wildman–Crippen LogP) is 11.3. The van der Waals surface area contributed by atoms with E-state index < -0.39 is 5.60 Å². The van der Waals surface area contributed by atoms with Gasteiger partial charge in [-0.15, -0.1) is 0 Å². The highest BCUT2D eigenvalue weighted by Gasteiger charge is 2.53. The first-order chi connectivity index (χ1) is 22.5. The highest BCUT2D eigenvalue weighted by atomic mass is 16.6. The molecule has 46 heavy (non-hydrogen) atoms. The zero-order valence-corrected chi connectivity index (χ0v) is 28.9. The van der Waals surface area contributed by atoms with Crippen molar-refractivity contribution < 1.29 is 14.3 Å². The third kappa shape index (κ3) is 7.40. The number of nitrogens with one attached hydrogen (secondary N) is 1. The molecule has 0 aromatic heterocycles. The molecule has 0 bridgehead atoms.